The predicted molar refractivity (Wildman–Crippen MR) is 74.1 cm³/mol. The van der Waals surface area contributed by atoms with Crippen molar-refractivity contribution >= 4 is 10.9 Å². The van der Waals surface area contributed by atoms with Crippen molar-refractivity contribution in [2.75, 3.05) is 0 Å². The first-order valence-corrected chi connectivity index (χ1v) is 6.88. The molecule has 0 fully saturated rings. The van der Waals surface area contributed by atoms with Gasteiger partial charge in [-0.1, -0.05) is 18.2 Å². The second-order valence-electron chi connectivity index (χ2n) is 5.18. The average molecular weight is 252 g/mol. The number of rotatable bonds is 2. The third-order valence-corrected chi connectivity index (χ3v) is 3.96. The number of aryl methyl sites for hydroxylation is 1. The van der Waals surface area contributed by atoms with Crippen molar-refractivity contribution in [3.63, 3.8) is 0 Å². The molecule has 0 saturated carbocycles. The van der Waals surface area contributed by atoms with E-state index in [4.69, 9.17) is 0 Å². The third-order valence-electron chi connectivity index (χ3n) is 3.96. The summed E-state index contributed by atoms with van der Waals surface area (Å²) in [5.74, 6) is 2.25. The molecule has 0 amide bonds. The second-order valence-corrected chi connectivity index (χ2v) is 5.18. The molecule has 0 radical (unpaired) electrons. The van der Waals surface area contributed by atoms with Crippen LogP contribution in [0.2, 0.25) is 0 Å². The fourth-order valence-corrected chi connectivity index (χ4v) is 2.95. The summed E-state index contributed by atoms with van der Waals surface area (Å²) in [7, 11) is 0. The predicted octanol–water partition coefficient (Wildman–Crippen LogP) is 2.69. The first-order chi connectivity index (χ1) is 9.42. The highest BCUT2D eigenvalue weighted by Crippen LogP contribution is 2.22. The molecule has 3 aromatic rings. The van der Waals surface area contributed by atoms with Crippen LogP contribution in [0.15, 0.2) is 30.5 Å². The van der Waals surface area contributed by atoms with Gasteiger partial charge in [0.05, 0.1) is 0 Å². The molecular weight excluding hydrogens is 236 g/mol. The summed E-state index contributed by atoms with van der Waals surface area (Å²) < 4.78 is 2.30. The highest BCUT2D eigenvalue weighted by Gasteiger charge is 2.16. The molecule has 3 heterocycles. The molecular formula is C15H16N4. The van der Waals surface area contributed by atoms with Crippen LogP contribution in [0.3, 0.4) is 0 Å². The Labute approximate surface area is 111 Å². The number of hydrogen-bond acceptors (Lipinski definition) is 2. The van der Waals surface area contributed by atoms with Crippen LogP contribution in [0.1, 0.15) is 30.1 Å². The molecule has 0 unspecified atom stereocenters. The molecule has 1 aliphatic rings. The molecule has 0 bridgehead atoms. The molecule has 19 heavy (non-hydrogen) atoms. The minimum Gasteiger partial charge on any atom is -0.361 e. The van der Waals surface area contributed by atoms with E-state index in [1.165, 1.54) is 29.3 Å². The first-order valence-electron chi connectivity index (χ1n) is 6.88. The van der Waals surface area contributed by atoms with Gasteiger partial charge >= 0.3 is 0 Å². The second kappa shape index (κ2) is 4.23. The zero-order valence-corrected chi connectivity index (χ0v) is 10.8. The molecule has 1 aliphatic heterocycles. The summed E-state index contributed by atoms with van der Waals surface area (Å²) in [5, 5.41) is 9.99. The number of aromatic amines is 1. The SMILES string of the molecule is c1ccc2c(Cc3nnc4n3CCCC4)c[nH]c2c1. The number of nitrogens with one attached hydrogen (secondary N) is 1. The minimum atomic E-state index is 0.858. The van der Waals surface area contributed by atoms with Gasteiger partial charge in [0, 0.05) is 36.5 Å². The third kappa shape index (κ3) is 1.75. The molecule has 2 aromatic heterocycles. The van der Waals surface area contributed by atoms with Crippen molar-refractivity contribution < 1.29 is 0 Å². The smallest absolute Gasteiger partial charge is 0.137 e. The van der Waals surface area contributed by atoms with Gasteiger partial charge in [0.25, 0.3) is 0 Å². The van der Waals surface area contributed by atoms with Gasteiger partial charge in [-0.05, 0) is 24.5 Å². The Morgan fingerprint density at radius 1 is 1.16 bits per heavy atom. The Morgan fingerprint density at radius 3 is 3.11 bits per heavy atom. The number of hydrogen-bond donors (Lipinski definition) is 1. The van der Waals surface area contributed by atoms with Crippen LogP contribution in [0.25, 0.3) is 10.9 Å². The summed E-state index contributed by atoms with van der Waals surface area (Å²) in [5.41, 5.74) is 2.49. The number of benzene rings is 1. The average Bonchev–Trinajstić information content (AvgIpc) is 3.05. The van der Waals surface area contributed by atoms with E-state index < -0.39 is 0 Å². The fraction of sp³-hybridized carbons (Fsp3) is 0.333. The lowest BCUT2D eigenvalue weighted by atomic mass is 10.1. The quantitative estimate of drug-likeness (QED) is 0.762. The monoisotopic (exact) mass is 252 g/mol. The Kier molecular flexibility index (Phi) is 2.40. The van der Waals surface area contributed by atoms with Crippen molar-refractivity contribution in [1.82, 2.24) is 19.7 Å². The van der Waals surface area contributed by atoms with E-state index in [9.17, 15) is 0 Å². The number of aromatic nitrogens is 4. The van der Waals surface area contributed by atoms with Crippen LogP contribution >= 0.6 is 0 Å². The Hall–Kier alpha value is -2.10. The van der Waals surface area contributed by atoms with Gasteiger partial charge in [0.1, 0.15) is 11.6 Å². The lowest BCUT2D eigenvalue weighted by molar-refractivity contribution is 0.510. The van der Waals surface area contributed by atoms with E-state index in [1.807, 2.05) is 0 Å². The van der Waals surface area contributed by atoms with E-state index in [0.29, 0.717) is 0 Å². The number of nitrogens with zero attached hydrogens (tertiary/aromatic N) is 3. The summed E-state index contributed by atoms with van der Waals surface area (Å²) >= 11 is 0. The van der Waals surface area contributed by atoms with Crippen LogP contribution in [0, 0.1) is 0 Å². The van der Waals surface area contributed by atoms with Crippen LogP contribution < -0.4 is 0 Å². The summed E-state index contributed by atoms with van der Waals surface area (Å²) in [6.07, 6.45) is 6.50. The van der Waals surface area contributed by atoms with Gasteiger partial charge in [0.2, 0.25) is 0 Å². The molecule has 0 spiro atoms. The molecule has 0 atom stereocenters. The highest BCUT2D eigenvalue weighted by molar-refractivity contribution is 5.83. The maximum absolute atomic E-state index is 4.38. The van der Waals surface area contributed by atoms with Crippen molar-refractivity contribution in [1.29, 1.82) is 0 Å². The molecule has 4 nitrogen and oxygen atoms in total. The van der Waals surface area contributed by atoms with Gasteiger partial charge in [-0.2, -0.15) is 0 Å². The van der Waals surface area contributed by atoms with Crippen molar-refractivity contribution in [3.05, 3.63) is 47.7 Å². The Bertz CT molecular complexity index is 723. The van der Waals surface area contributed by atoms with E-state index in [0.717, 1.165) is 31.0 Å². The van der Waals surface area contributed by atoms with Crippen molar-refractivity contribution in [2.24, 2.45) is 0 Å². The van der Waals surface area contributed by atoms with Gasteiger partial charge < -0.3 is 9.55 Å². The van der Waals surface area contributed by atoms with Crippen molar-refractivity contribution in [3.8, 4) is 0 Å². The Morgan fingerprint density at radius 2 is 2.11 bits per heavy atom. The fourth-order valence-electron chi connectivity index (χ4n) is 2.95. The molecule has 4 rings (SSSR count). The van der Waals surface area contributed by atoms with E-state index in [-0.39, 0.29) is 0 Å². The van der Waals surface area contributed by atoms with Crippen LogP contribution in [-0.4, -0.2) is 19.7 Å². The van der Waals surface area contributed by atoms with Crippen molar-refractivity contribution in [2.45, 2.75) is 32.2 Å². The molecule has 1 aromatic carbocycles. The van der Waals surface area contributed by atoms with Gasteiger partial charge in [-0.15, -0.1) is 10.2 Å². The van der Waals surface area contributed by atoms with E-state index in [2.05, 4.69) is 50.2 Å². The largest absolute Gasteiger partial charge is 0.361 e. The van der Waals surface area contributed by atoms with Crippen LogP contribution in [0.5, 0.6) is 0 Å². The zero-order valence-electron chi connectivity index (χ0n) is 10.8. The minimum absolute atomic E-state index is 0.858. The van der Waals surface area contributed by atoms with Crippen LogP contribution in [0.4, 0.5) is 0 Å². The standard InChI is InChI=1S/C15H16N4/c1-2-6-13-12(5-1)11(10-16-13)9-15-18-17-14-7-3-4-8-19(14)15/h1-2,5-6,10,16H,3-4,7-9H2. The normalized spacial score (nSPS) is 14.7. The topological polar surface area (TPSA) is 46.5 Å². The molecule has 0 saturated heterocycles. The van der Waals surface area contributed by atoms with Gasteiger partial charge in [0.15, 0.2) is 0 Å². The van der Waals surface area contributed by atoms with E-state index >= 15 is 0 Å². The van der Waals surface area contributed by atoms with Gasteiger partial charge in [-0.3, -0.25) is 0 Å². The molecule has 1 N–H and O–H groups in total. The maximum Gasteiger partial charge on any atom is 0.137 e. The zero-order chi connectivity index (χ0) is 12.7. The number of para-hydroxylation sites is 1. The number of fused-ring (bicyclic) bond motifs is 2. The van der Waals surface area contributed by atoms with Crippen LogP contribution in [-0.2, 0) is 19.4 Å². The lowest BCUT2D eigenvalue weighted by Gasteiger charge is -2.14. The molecule has 96 valence electrons. The first kappa shape index (κ1) is 10.8. The summed E-state index contributed by atoms with van der Waals surface area (Å²) in [6.45, 7) is 1.07. The molecule has 0 aliphatic carbocycles. The summed E-state index contributed by atoms with van der Waals surface area (Å²) in [6, 6.07) is 8.41. The molecule has 4 heteroatoms. The highest BCUT2D eigenvalue weighted by atomic mass is 15.3. The van der Waals surface area contributed by atoms with Gasteiger partial charge in [-0.25, -0.2) is 0 Å². The number of H-pyrrole nitrogens is 1. The lowest BCUT2D eigenvalue weighted by Crippen LogP contribution is -2.13. The van der Waals surface area contributed by atoms with E-state index in [1.54, 1.807) is 0 Å². The Balaban J connectivity index is 1.73. The maximum atomic E-state index is 4.38. The summed E-state index contributed by atoms with van der Waals surface area (Å²) in [4.78, 5) is 3.32.